The van der Waals surface area contributed by atoms with Gasteiger partial charge in [0, 0.05) is 11.3 Å². The van der Waals surface area contributed by atoms with Crippen molar-refractivity contribution in [1.82, 2.24) is 0 Å². The third-order valence-electron chi connectivity index (χ3n) is 6.94. The second-order valence-corrected chi connectivity index (χ2v) is 12.9. The van der Waals surface area contributed by atoms with Gasteiger partial charge in [-0.2, -0.15) is 0 Å². The van der Waals surface area contributed by atoms with Gasteiger partial charge in [-0.05, 0) is 74.6 Å². The van der Waals surface area contributed by atoms with Gasteiger partial charge in [0.25, 0.3) is 0 Å². The molecule has 2 saturated carbocycles. The average Bonchev–Trinajstić information content (AvgIpc) is 2.77. The minimum absolute atomic E-state index is 0.814. The van der Waals surface area contributed by atoms with E-state index in [2.05, 4.69) is 60.2 Å². The first-order valence-corrected chi connectivity index (χ1v) is 13.3. The van der Waals surface area contributed by atoms with Crippen LogP contribution in [0.5, 0.6) is 0 Å². The van der Waals surface area contributed by atoms with Crippen molar-refractivity contribution >= 4 is 24.2 Å². The number of benzene rings is 2. The lowest BCUT2D eigenvalue weighted by molar-refractivity contribution is 0.483. The average molecular weight is 399 g/mol. The van der Waals surface area contributed by atoms with Crippen LogP contribution in [0.2, 0.25) is 0 Å². The highest BCUT2D eigenvalue weighted by molar-refractivity contribution is 7.87. The van der Waals surface area contributed by atoms with Crippen molar-refractivity contribution in [2.45, 2.75) is 75.5 Å². The summed E-state index contributed by atoms with van der Waals surface area (Å²) >= 11 is 6.81. The van der Waals surface area contributed by atoms with Crippen molar-refractivity contribution in [3.8, 4) is 11.1 Å². The summed E-state index contributed by atoms with van der Waals surface area (Å²) in [6.07, 6.45) is 13.9. The lowest BCUT2D eigenvalue weighted by atomic mass is 9.99. The Hall–Kier alpha value is -0.840. The molecule has 2 aromatic rings. The molecule has 0 unspecified atom stereocenters. The fourth-order valence-corrected chi connectivity index (χ4v) is 11.8. The van der Waals surface area contributed by atoms with Crippen LogP contribution >= 0.6 is 18.9 Å². The predicted molar refractivity (Wildman–Crippen MR) is 122 cm³/mol. The quantitative estimate of drug-likeness (QED) is 0.353. The third-order valence-corrected chi connectivity index (χ3v) is 12.9. The molecule has 0 radical (unpaired) electrons. The lowest BCUT2D eigenvalue weighted by Crippen LogP contribution is -2.34. The van der Waals surface area contributed by atoms with E-state index in [0.717, 1.165) is 11.3 Å². The molecule has 2 heteroatoms. The molecule has 2 aliphatic rings. The molecule has 0 spiro atoms. The summed E-state index contributed by atoms with van der Waals surface area (Å²) in [7, 11) is -1.45. The van der Waals surface area contributed by atoms with Gasteiger partial charge in [0.1, 0.15) is 0 Å². The SMILES string of the molecule is Cl[CH-][P+](c1ccc(-c2ccccc2)cc1)(C1CCCCC1)C1CCCCC1. The van der Waals surface area contributed by atoms with Gasteiger partial charge in [-0.25, -0.2) is 0 Å². The van der Waals surface area contributed by atoms with E-state index in [0.29, 0.717) is 0 Å². The summed E-state index contributed by atoms with van der Waals surface area (Å²) in [6.45, 7) is 0. The molecule has 0 atom stereocenters. The first-order chi connectivity index (χ1) is 13.3. The fourth-order valence-electron chi connectivity index (χ4n) is 5.49. The summed E-state index contributed by atoms with van der Waals surface area (Å²) in [6, 6.07) is 20.3. The molecule has 0 saturated heterocycles. The molecule has 0 aromatic heterocycles. The number of rotatable bonds is 5. The van der Waals surface area contributed by atoms with Crippen molar-refractivity contribution in [2.75, 3.05) is 0 Å². The highest BCUT2D eigenvalue weighted by atomic mass is 35.5. The maximum absolute atomic E-state index is 6.81. The molecule has 144 valence electrons. The Bertz CT molecular complexity index is 679. The molecule has 2 aliphatic carbocycles. The zero-order chi connectivity index (χ0) is 18.5. The van der Waals surface area contributed by atoms with Crippen LogP contribution in [0.4, 0.5) is 0 Å². The van der Waals surface area contributed by atoms with E-state index in [1.54, 1.807) is 5.30 Å². The van der Waals surface area contributed by atoms with Crippen LogP contribution in [0, 0.1) is 5.62 Å². The minimum atomic E-state index is -1.45. The Morgan fingerprint density at radius 2 is 1.11 bits per heavy atom. The molecule has 0 bridgehead atoms. The Morgan fingerprint density at radius 3 is 1.59 bits per heavy atom. The topological polar surface area (TPSA) is 0 Å². The van der Waals surface area contributed by atoms with Gasteiger partial charge in [0.2, 0.25) is 0 Å². The molecule has 2 aromatic carbocycles. The van der Waals surface area contributed by atoms with Crippen molar-refractivity contribution in [2.24, 2.45) is 0 Å². The van der Waals surface area contributed by atoms with Crippen molar-refractivity contribution in [1.29, 1.82) is 0 Å². The van der Waals surface area contributed by atoms with E-state index in [-0.39, 0.29) is 0 Å². The first-order valence-electron chi connectivity index (χ1n) is 10.8. The van der Waals surface area contributed by atoms with E-state index < -0.39 is 7.26 Å². The molecule has 0 heterocycles. The highest BCUT2D eigenvalue weighted by Crippen LogP contribution is 2.74. The summed E-state index contributed by atoms with van der Waals surface area (Å²) < 4.78 is 0. The van der Waals surface area contributed by atoms with Crippen LogP contribution in [0.15, 0.2) is 54.6 Å². The van der Waals surface area contributed by atoms with Gasteiger partial charge in [-0.3, -0.25) is 0 Å². The smallest absolute Gasteiger partial charge is 0.0665 e. The largest absolute Gasteiger partial charge is 0.304 e. The Kier molecular flexibility index (Phi) is 6.57. The molecule has 27 heavy (non-hydrogen) atoms. The number of halogens is 1. The predicted octanol–water partition coefficient (Wildman–Crippen LogP) is 8.02. The standard InChI is InChI=1S/C25H32ClP/c26-20-27(23-12-6-2-7-13-23,24-14-8-3-9-15-24)25-18-16-22(17-19-25)21-10-4-1-5-11-21/h1,4-5,10-11,16-20,23-24H,2-3,6-9,12-15H2. The highest BCUT2D eigenvalue weighted by Gasteiger charge is 2.47. The zero-order valence-electron chi connectivity index (χ0n) is 16.3. The van der Waals surface area contributed by atoms with Gasteiger partial charge >= 0.3 is 0 Å². The Morgan fingerprint density at radius 1 is 0.630 bits per heavy atom. The summed E-state index contributed by atoms with van der Waals surface area (Å²) in [4.78, 5) is 0. The van der Waals surface area contributed by atoms with Crippen molar-refractivity contribution < 1.29 is 0 Å². The van der Waals surface area contributed by atoms with E-state index in [1.807, 2.05) is 0 Å². The van der Waals surface area contributed by atoms with Gasteiger partial charge in [-0.1, -0.05) is 68.2 Å². The minimum Gasteiger partial charge on any atom is -0.304 e. The van der Waals surface area contributed by atoms with Gasteiger partial charge in [0.15, 0.2) is 0 Å². The second-order valence-electron chi connectivity index (χ2n) is 8.43. The van der Waals surface area contributed by atoms with Gasteiger partial charge in [0.05, 0.1) is 5.30 Å². The molecule has 0 aliphatic heterocycles. The van der Waals surface area contributed by atoms with Crippen LogP contribution in [0.3, 0.4) is 0 Å². The van der Waals surface area contributed by atoms with Gasteiger partial charge < -0.3 is 11.6 Å². The molecular weight excluding hydrogens is 367 g/mol. The molecule has 0 amide bonds. The molecule has 0 N–H and O–H groups in total. The zero-order valence-corrected chi connectivity index (χ0v) is 18.0. The maximum Gasteiger partial charge on any atom is 0.0665 e. The Balaban J connectivity index is 1.71. The van der Waals surface area contributed by atoms with Crippen LogP contribution in [-0.2, 0) is 0 Å². The van der Waals surface area contributed by atoms with E-state index >= 15 is 0 Å². The normalized spacial score (nSPS) is 19.9. The first kappa shape index (κ1) is 19.5. The van der Waals surface area contributed by atoms with Gasteiger partial charge in [-0.15, -0.1) is 0 Å². The van der Waals surface area contributed by atoms with E-state index in [9.17, 15) is 0 Å². The fraction of sp³-hybridized carbons (Fsp3) is 0.480. The third kappa shape index (κ3) is 3.99. The van der Waals surface area contributed by atoms with Crippen LogP contribution in [-0.4, -0.2) is 11.3 Å². The number of hydrogen-bond donors (Lipinski definition) is 0. The summed E-state index contributed by atoms with van der Waals surface area (Å²) in [5.74, 6) is 0. The Labute approximate surface area is 171 Å². The monoisotopic (exact) mass is 398 g/mol. The molecule has 2 fully saturated rings. The van der Waals surface area contributed by atoms with Crippen molar-refractivity contribution in [3.05, 3.63) is 60.2 Å². The van der Waals surface area contributed by atoms with Crippen LogP contribution in [0.1, 0.15) is 64.2 Å². The molecule has 4 rings (SSSR count). The molecule has 0 nitrogen and oxygen atoms in total. The molecular formula is C25H32ClP. The maximum atomic E-state index is 6.81. The number of hydrogen-bond acceptors (Lipinski definition) is 0. The summed E-state index contributed by atoms with van der Waals surface area (Å²) in [5.41, 5.74) is 6.46. The second kappa shape index (κ2) is 9.11. The van der Waals surface area contributed by atoms with E-state index in [4.69, 9.17) is 11.6 Å². The summed E-state index contributed by atoms with van der Waals surface area (Å²) in [5, 5.41) is 1.57. The lowest BCUT2D eigenvalue weighted by Gasteiger charge is -2.48. The van der Waals surface area contributed by atoms with Crippen LogP contribution in [0.25, 0.3) is 11.1 Å². The van der Waals surface area contributed by atoms with Crippen molar-refractivity contribution in [3.63, 3.8) is 0 Å². The van der Waals surface area contributed by atoms with Crippen LogP contribution < -0.4 is 5.30 Å². The van der Waals surface area contributed by atoms with E-state index in [1.165, 1.54) is 75.3 Å².